The molecule has 0 bridgehead atoms. The molecule has 7 heteroatoms. The molecule has 0 saturated carbocycles. The van der Waals surface area contributed by atoms with Crippen molar-refractivity contribution in [1.82, 2.24) is 4.98 Å². The van der Waals surface area contributed by atoms with Crippen molar-refractivity contribution < 1.29 is 14.4 Å². The number of nitrogens with one attached hydrogen (secondary N) is 1. The number of aromatic nitrogens is 1. The molecule has 0 radical (unpaired) electrons. The lowest BCUT2D eigenvalue weighted by atomic mass is 10.1. The zero-order chi connectivity index (χ0) is 18.5. The number of ether oxygens (including phenoxy) is 2. The maximum atomic E-state index is 11.2. The number of hydrogen-bond donors (Lipinski definition) is 1. The van der Waals surface area contributed by atoms with Crippen LogP contribution in [-0.4, -0.2) is 29.7 Å². The van der Waals surface area contributed by atoms with E-state index in [2.05, 4.69) is 10.3 Å². The third kappa shape index (κ3) is 3.83. The monoisotopic (exact) mass is 353 g/mol. The van der Waals surface area contributed by atoms with Gasteiger partial charge in [0.2, 0.25) is 0 Å². The van der Waals surface area contributed by atoms with Crippen molar-refractivity contribution in [3.8, 4) is 11.5 Å². The number of hydrogen-bond acceptors (Lipinski definition) is 6. The van der Waals surface area contributed by atoms with Gasteiger partial charge in [-0.25, -0.2) is 0 Å². The summed E-state index contributed by atoms with van der Waals surface area (Å²) >= 11 is 0. The average Bonchev–Trinajstić information content (AvgIpc) is 2.66. The number of rotatable bonds is 7. The average molecular weight is 353 g/mol. The van der Waals surface area contributed by atoms with Gasteiger partial charge in [0.15, 0.2) is 0 Å². The fourth-order valence-corrected chi connectivity index (χ4v) is 2.67. The number of nitrogens with zero attached hydrogens (tertiary/aromatic N) is 2. The molecule has 0 spiro atoms. The second kappa shape index (κ2) is 7.69. The molecule has 0 aliphatic rings. The van der Waals surface area contributed by atoms with Crippen molar-refractivity contribution in [2.45, 2.75) is 13.0 Å². The first-order valence-corrected chi connectivity index (χ1v) is 8.14. The molecule has 0 saturated heterocycles. The number of benzene rings is 2. The van der Waals surface area contributed by atoms with Crippen LogP contribution in [0.25, 0.3) is 10.8 Å². The second-order valence-electron chi connectivity index (χ2n) is 5.80. The SMILES string of the molecule is COc1ccc(OC(C)CNc2ccc([N+](=O)[O-])c3cnccc23)cc1. The van der Waals surface area contributed by atoms with Gasteiger partial charge in [0.1, 0.15) is 17.6 Å². The minimum Gasteiger partial charge on any atom is -0.497 e. The summed E-state index contributed by atoms with van der Waals surface area (Å²) in [5, 5.41) is 15.7. The van der Waals surface area contributed by atoms with Gasteiger partial charge < -0.3 is 14.8 Å². The van der Waals surface area contributed by atoms with Crippen LogP contribution in [0.15, 0.2) is 54.9 Å². The van der Waals surface area contributed by atoms with Crippen molar-refractivity contribution in [3.05, 3.63) is 65.0 Å². The number of pyridine rings is 1. The molecule has 1 unspecified atom stereocenters. The fraction of sp³-hybridized carbons (Fsp3) is 0.211. The zero-order valence-electron chi connectivity index (χ0n) is 14.5. The first-order valence-electron chi connectivity index (χ1n) is 8.14. The number of fused-ring (bicyclic) bond motifs is 1. The Hall–Kier alpha value is -3.35. The normalized spacial score (nSPS) is 11.8. The van der Waals surface area contributed by atoms with Crippen LogP contribution in [0.2, 0.25) is 0 Å². The molecule has 1 N–H and O–H groups in total. The van der Waals surface area contributed by atoms with Crippen LogP contribution in [0.1, 0.15) is 6.92 Å². The zero-order valence-corrected chi connectivity index (χ0v) is 14.5. The summed E-state index contributed by atoms with van der Waals surface area (Å²) < 4.78 is 11.0. The van der Waals surface area contributed by atoms with E-state index in [9.17, 15) is 10.1 Å². The number of nitro groups is 1. The lowest BCUT2D eigenvalue weighted by Gasteiger charge is -2.17. The third-order valence-electron chi connectivity index (χ3n) is 3.97. The molecule has 3 aromatic rings. The van der Waals surface area contributed by atoms with E-state index >= 15 is 0 Å². The van der Waals surface area contributed by atoms with E-state index in [-0.39, 0.29) is 11.8 Å². The lowest BCUT2D eigenvalue weighted by Crippen LogP contribution is -2.22. The Morgan fingerprint density at radius 2 is 1.85 bits per heavy atom. The second-order valence-corrected chi connectivity index (χ2v) is 5.80. The van der Waals surface area contributed by atoms with Gasteiger partial charge in [-0.05, 0) is 43.3 Å². The van der Waals surface area contributed by atoms with Crippen LogP contribution in [0.5, 0.6) is 11.5 Å². The Morgan fingerprint density at radius 3 is 2.54 bits per heavy atom. The Labute approximate surface area is 150 Å². The van der Waals surface area contributed by atoms with Gasteiger partial charge in [-0.3, -0.25) is 15.1 Å². The van der Waals surface area contributed by atoms with Gasteiger partial charge in [0.05, 0.1) is 24.0 Å². The smallest absolute Gasteiger partial charge is 0.278 e. The quantitative estimate of drug-likeness (QED) is 0.510. The van der Waals surface area contributed by atoms with Crippen LogP contribution in [0.3, 0.4) is 0 Å². The maximum absolute atomic E-state index is 11.2. The number of nitro benzene ring substituents is 1. The molecule has 3 rings (SSSR count). The molecule has 134 valence electrons. The van der Waals surface area contributed by atoms with E-state index in [1.807, 2.05) is 31.2 Å². The molecule has 2 aromatic carbocycles. The number of non-ortho nitro benzene ring substituents is 1. The highest BCUT2D eigenvalue weighted by molar-refractivity contribution is 5.99. The molecule has 0 fully saturated rings. The van der Waals surface area contributed by atoms with Crippen LogP contribution in [0, 0.1) is 10.1 Å². The standard InChI is InChI=1S/C19H19N3O4/c1-13(26-15-5-3-14(25-2)4-6-15)11-21-18-7-8-19(22(23)24)17-12-20-10-9-16(17)18/h3-10,12-13,21H,11H2,1-2H3. The number of methoxy groups -OCH3 is 1. The predicted octanol–water partition coefficient (Wildman–Crippen LogP) is 4.03. The summed E-state index contributed by atoms with van der Waals surface area (Å²) in [4.78, 5) is 14.8. The summed E-state index contributed by atoms with van der Waals surface area (Å²) in [6.45, 7) is 2.49. The van der Waals surface area contributed by atoms with E-state index in [0.29, 0.717) is 11.9 Å². The lowest BCUT2D eigenvalue weighted by molar-refractivity contribution is -0.383. The van der Waals surface area contributed by atoms with E-state index in [1.165, 1.54) is 12.3 Å². The highest BCUT2D eigenvalue weighted by atomic mass is 16.6. The molecular formula is C19H19N3O4. The highest BCUT2D eigenvalue weighted by Gasteiger charge is 2.14. The minimum absolute atomic E-state index is 0.0428. The topological polar surface area (TPSA) is 86.5 Å². The van der Waals surface area contributed by atoms with Gasteiger partial charge in [0.25, 0.3) is 5.69 Å². The Kier molecular flexibility index (Phi) is 5.17. The molecule has 1 aromatic heterocycles. The van der Waals surface area contributed by atoms with Gasteiger partial charge >= 0.3 is 0 Å². The van der Waals surface area contributed by atoms with E-state index < -0.39 is 4.92 Å². The summed E-state index contributed by atoms with van der Waals surface area (Å²) in [5.41, 5.74) is 0.847. The van der Waals surface area contributed by atoms with Gasteiger partial charge in [-0.2, -0.15) is 0 Å². The van der Waals surface area contributed by atoms with Crippen LogP contribution >= 0.6 is 0 Å². The van der Waals surface area contributed by atoms with Crippen molar-refractivity contribution >= 4 is 22.1 Å². The Bertz CT molecular complexity index is 912. The molecule has 1 atom stereocenters. The van der Waals surface area contributed by atoms with E-state index in [0.717, 1.165) is 22.6 Å². The third-order valence-corrected chi connectivity index (χ3v) is 3.97. The molecule has 26 heavy (non-hydrogen) atoms. The summed E-state index contributed by atoms with van der Waals surface area (Å²) in [6, 6.07) is 12.3. The molecule has 7 nitrogen and oxygen atoms in total. The summed E-state index contributed by atoms with van der Waals surface area (Å²) in [5.74, 6) is 1.52. The van der Waals surface area contributed by atoms with Crippen molar-refractivity contribution in [3.63, 3.8) is 0 Å². The molecule has 0 aliphatic carbocycles. The van der Waals surface area contributed by atoms with Crippen molar-refractivity contribution in [1.29, 1.82) is 0 Å². The summed E-state index contributed by atoms with van der Waals surface area (Å²) in [7, 11) is 1.62. The van der Waals surface area contributed by atoms with Gasteiger partial charge in [-0.1, -0.05) is 0 Å². The Balaban J connectivity index is 1.71. The fourth-order valence-electron chi connectivity index (χ4n) is 2.67. The van der Waals surface area contributed by atoms with E-state index in [4.69, 9.17) is 9.47 Å². The molecular weight excluding hydrogens is 334 g/mol. The van der Waals surface area contributed by atoms with Gasteiger partial charge in [-0.15, -0.1) is 0 Å². The Morgan fingerprint density at radius 1 is 1.12 bits per heavy atom. The molecule has 0 aliphatic heterocycles. The molecule has 1 heterocycles. The van der Waals surface area contributed by atoms with Crippen LogP contribution in [-0.2, 0) is 0 Å². The first-order chi connectivity index (χ1) is 12.6. The van der Waals surface area contributed by atoms with Gasteiger partial charge in [0, 0.05) is 29.5 Å². The molecule has 0 amide bonds. The van der Waals surface area contributed by atoms with E-state index in [1.54, 1.807) is 25.4 Å². The maximum Gasteiger partial charge on any atom is 0.278 e. The highest BCUT2D eigenvalue weighted by Crippen LogP contribution is 2.30. The largest absolute Gasteiger partial charge is 0.497 e. The number of anilines is 1. The predicted molar refractivity (Wildman–Crippen MR) is 100.0 cm³/mol. The van der Waals surface area contributed by atoms with Crippen LogP contribution < -0.4 is 14.8 Å². The van der Waals surface area contributed by atoms with Crippen molar-refractivity contribution in [2.75, 3.05) is 19.0 Å². The van der Waals surface area contributed by atoms with Crippen LogP contribution in [0.4, 0.5) is 11.4 Å². The first kappa shape index (κ1) is 17.5. The minimum atomic E-state index is -0.400. The van der Waals surface area contributed by atoms with Crippen molar-refractivity contribution in [2.24, 2.45) is 0 Å². The summed E-state index contributed by atoms with van der Waals surface area (Å²) in [6.07, 6.45) is 3.03.